The number of hydrogen-bond acceptors (Lipinski definition) is 5. The zero-order chi connectivity index (χ0) is 24.1. The van der Waals surface area contributed by atoms with Crippen LogP contribution in [0, 0.1) is 0 Å². The zero-order valence-corrected chi connectivity index (χ0v) is 19.6. The molecule has 1 atom stereocenters. The van der Waals surface area contributed by atoms with Crippen LogP contribution in [0.1, 0.15) is 6.42 Å². The smallest absolute Gasteiger partial charge is 0.288 e. The quantitative estimate of drug-likeness (QED) is 0.293. The maximum Gasteiger partial charge on any atom is 0.288 e. The van der Waals surface area contributed by atoms with Gasteiger partial charge in [-0.2, -0.15) is 8.78 Å². The average molecular weight is 498 g/mol. The molecule has 1 aliphatic heterocycles. The Balaban J connectivity index is 1.48. The van der Waals surface area contributed by atoms with Crippen LogP contribution in [0.4, 0.5) is 20.2 Å². The van der Waals surface area contributed by atoms with E-state index < -0.39 is 11.0 Å². The van der Waals surface area contributed by atoms with Crippen molar-refractivity contribution < 1.29 is 18.4 Å². The molecule has 4 rings (SSSR count). The third-order valence-electron chi connectivity index (χ3n) is 5.05. The molecule has 1 saturated heterocycles. The molecule has 0 radical (unpaired) electrons. The van der Waals surface area contributed by atoms with E-state index in [2.05, 4.69) is 16.9 Å². The lowest BCUT2D eigenvalue weighted by atomic mass is 10.1. The molecule has 1 aliphatic rings. The van der Waals surface area contributed by atoms with E-state index in [1.165, 1.54) is 16.7 Å². The van der Waals surface area contributed by atoms with Gasteiger partial charge in [0.1, 0.15) is 5.25 Å². The van der Waals surface area contributed by atoms with Gasteiger partial charge in [-0.05, 0) is 35.7 Å². The van der Waals surface area contributed by atoms with Gasteiger partial charge in [0.05, 0.1) is 5.69 Å². The molecule has 0 spiro atoms. The van der Waals surface area contributed by atoms with Crippen LogP contribution in [0.3, 0.4) is 0 Å². The molecule has 1 N–H and O–H groups in total. The Morgan fingerprint density at radius 1 is 1.15 bits per heavy atom. The van der Waals surface area contributed by atoms with E-state index in [0.717, 1.165) is 10.8 Å². The Kier molecular flexibility index (Phi) is 7.64. The van der Waals surface area contributed by atoms with Gasteiger partial charge in [-0.1, -0.05) is 66.0 Å². The second kappa shape index (κ2) is 10.8. The molecular weight excluding hydrogens is 476 g/mol. The van der Waals surface area contributed by atoms with Gasteiger partial charge < -0.3 is 5.32 Å². The lowest BCUT2D eigenvalue weighted by Gasteiger charge is -2.14. The molecule has 34 heavy (non-hydrogen) atoms. The third kappa shape index (κ3) is 5.66. The first-order valence-corrected chi connectivity index (χ1v) is 12.2. The number of aliphatic imine (C=N–C) groups is 1. The summed E-state index contributed by atoms with van der Waals surface area (Å²) in [7, 11) is 0. The number of benzene rings is 3. The number of carbonyl (C=O) groups is 2. The summed E-state index contributed by atoms with van der Waals surface area (Å²) in [5.41, 5.74) is 1.22. The van der Waals surface area contributed by atoms with Crippen molar-refractivity contribution in [1.29, 1.82) is 0 Å². The van der Waals surface area contributed by atoms with Gasteiger partial charge in [-0.25, -0.2) is 4.99 Å². The van der Waals surface area contributed by atoms with Gasteiger partial charge in [-0.3, -0.25) is 14.5 Å². The van der Waals surface area contributed by atoms with Gasteiger partial charge in [0, 0.05) is 28.9 Å². The van der Waals surface area contributed by atoms with Crippen LogP contribution in [0.15, 0.2) is 89.3 Å². The monoisotopic (exact) mass is 497 g/mol. The van der Waals surface area contributed by atoms with Crippen molar-refractivity contribution >= 4 is 62.7 Å². The van der Waals surface area contributed by atoms with Gasteiger partial charge in [-0.15, -0.1) is 6.58 Å². The van der Waals surface area contributed by atoms with Crippen LogP contribution in [-0.2, 0) is 9.59 Å². The highest BCUT2D eigenvalue weighted by molar-refractivity contribution is 8.15. The summed E-state index contributed by atoms with van der Waals surface area (Å²) in [4.78, 5) is 32.2. The SMILES string of the molecule is C=CCN1C(=O)[C@H](CC(=O)Nc2cccc3ccccc23)SC1=Nc1ccc(SC(F)F)cc1. The van der Waals surface area contributed by atoms with E-state index in [-0.39, 0.29) is 24.8 Å². The number of thioether (sulfide) groups is 2. The Bertz CT molecular complexity index is 1240. The zero-order valence-electron chi connectivity index (χ0n) is 18.0. The van der Waals surface area contributed by atoms with Crippen molar-refractivity contribution in [3.8, 4) is 0 Å². The van der Waals surface area contributed by atoms with Crippen molar-refractivity contribution in [1.82, 2.24) is 4.90 Å². The molecule has 3 aromatic carbocycles. The minimum atomic E-state index is -2.50. The molecule has 0 saturated carbocycles. The minimum Gasteiger partial charge on any atom is -0.325 e. The Hall–Kier alpha value is -3.17. The highest BCUT2D eigenvalue weighted by Gasteiger charge is 2.38. The van der Waals surface area contributed by atoms with Crippen LogP contribution < -0.4 is 5.32 Å². The third-order valence-corrected chi connectivity index (χ3v) is 6.95. The molecule has 2 amide bonds. The fourth-order valence-corrected chi connectivity index (χ4v) is 5.20. The second-order valence-corrected chi connectivity index (χ2v) is 9.62. The largest absolute Gasteiger partial charge is 0.325 e. The van der Waals surface area contributed by atoms with E-state index in [1.54, 1.807) is 30.3 Å². The first-order chi connectivity index (χ1) is 16.4. The molecule has 0 aliphatic carbocycles. The summed E-state index contributed by atoms with van der Waals surface area (Å²) in [6.07, 6.45) is 1.58. The highest BCUT2D eigenvalue weighted by Crippen LogP contribution is 2.33. The summed E-state index contributed by atoms with van der Waals surface area (Å²) in [6.45, 7) is 3.95. The number of hydrogen-bond donors (Lipinski definition) is 1. The predicted molar refractivity (Wildman–Crippen MR) is 136 cm³/mol. The number of fused-ring (bicyclic) bond motifs is 1. The topological polar surface area (TPSA) is 61.8 Å². The second-order valence-electron chi connectivity index (χ2n) is 7.39. The van der Waals surface area contributed by atoms with Crippen molar-refractivity contribution in [3.63, 3.8) is 0 Å². The molecule has 0 bridgehead atoms. The summed E-state index contributed by atoms with van der Waals surface area (Å²) in [6, 6.07) is 19.8. The predicted octanol–water partition coefficient (Wildman–Crippen LogP) is 6.30. The number of halogens is 2. The lowest BCUT2D eigenvalue weighted by molar-refractivity contribution is -0.127. The van der Waals surface area contributed by atoms with Crippen LogP contribution in [-0.4, -0.2) is 39.4 Å². The molecule has 0 aromatic heterocycles. The number of amidine groups is 1. The van der Waals surface area contributed by atoms with Gasteiger partial charge in [0.15, 0.2) is 5.17 Å². The number of amides is 2. The van der Waals surface area contributed by atoms with E-state index in [9.17, 15) is 18.4 Å². The standard InChI is InChI=1S/C25H21F2N3O2S2/c1-2-14-30-23(32)21(34-25(30)28-17-10-12-18(13-11-17)33-24(26)27)15-22(31)29-20-9-5-7-16-6-3-4-8-19(16)20/h2-13,21,24H,1,14-15H2,(H,29,31)/t21-/m0/s1. The molecule has 5 nitrogen and oxygen atoms in total. The van der Waals surface area contributed by atoms with Gasteiger partial charge in [0.25, 0.3) is 5.76 Å². The molecular formula is C25H21F2N3O2S2. The fourth-order valence-electron chi connectivity index (χ4n) is 3.54. The van der Waals surface area contributed by atoms with E-state index in [0.29, 0.717) is 33.2 Å². The number of carbonyl (C=O) groups excluding carboxylic acids is 2. The van der Waals surface area contributed by atoms with Crippen molar-refractivity contribution in [2.24, 2.45) is 4.99 Å². The van der Waals surface area contributed by atoms with Crippen LogP contribution in [0.25, 0.3) is 10.8 Å². The maximum absolute atomic E-state index is 13.0. The first-order valence-electron chi connectivity index (χ1n) is 10.4. The summed E-state index contributed by atoms with van der Waals surface area (Å²) >= 11 is 1.67. The van der Waals surface area contributed by atoms with Gasteiger partial charge >= 0.3 is 0 Å². The number of alkyl halides is 2. The molecule has 1 heterocycles. The number of nitrogens with one attached hydrogen (secondary N) is 1. The molecule has 9 heteroatoms. The van der Waals surface area contributed by atoms with Gasteiger partial charge in [0.2, 0.25) is 11.8 Å². The Labute approximate surface area is 204 Å². The van der Waals surface area contributed by atoms with Crippen molar-refractivity contribution in [2.45, 2.75) is 22.3 Å². The molecule has 0 unspecified atom stereocenters. The van der Waals surface area contributed by atoms with Crippen LogP contribution in [0.2, 0.25) is 0 Å². The van der Waals surface area contributed by atoms with E-state index >= 15 is 0 Å². The number of nitrogens with zero attached hydrogens (tertiary/aromatic N) is 2. The number of anilines is 1. The summed E-state index contributed by atoms with van der Waals surface area (Å²) < 4.78 is 25.1. The van der Waals surface area contributed by atoms with Crippen molar-refractivity contribution in [3.05, 3.63) is 79.4 Å². The summed E-state index contributed by atoms with van der Waals surface area (Å²) in [5, 5.41) is 4.68. The average Bonchev–Trinajstić information content (AvgIpc) is 3.09. The van der Waals surface area contributed by atoms with Crippen molar-refractivity contribution in [2.75, 3.05) is 11.9 Å². The van der Waals surface area contributed by atoms with Crippen LogP contribution >= 0.6 is 23.5 Å². The van der Waals surface area contributed by atoms with E-state index in [4.69, 9.17) is 0 Å². The molecule has 3 aromatic rings. The molecule has 1 fully saturated rings. The minimum absolute atomic E-state index is 0.0106. The lowest BCUT2D eigenvalue weighted by Crippen LogP contribution is -2.33. The first kappa shape index (κ1) is 24.0. The Morgan fingerprint density at radius 2 is 1.88 bits per heavy atom. The number of rotatable bonds is 8. The fraction of sp³-hybridized carbons (Fsp3) is 0.160. The molecule has 174 valence electrons. The Morgan fingerprint density at radius 3 is 2.62 bits per heavy atom. The van der Waals surface area contributed by atoms with Crippen LogP contribution in [0.5, 0.6) is 0 Å². The normalized spacial score (nSPS) is 17.0. The summed E-state index contributed by atoms with van der Waals surface area (Å²) in [5.74, 6) is -2.99. The maximum atomic E-state index is 13.0. The highest BCUT2D eigenvalue weighted by atomic mass is 32.2. The van der Waals surface area contributed by atoms with E-state index in [1.807, 2.05) is 42.5 Å².